The van der Waals surface area contributed by atoms with Crippen molar-refractivity contribution in [3.8, 4) is 0 Å². The van der Waals surface area contributed by atoms with Gasteiger partial charge in [-0.05, 0) is 55.4 Å². The third-order valence-corrected chi connectivity index (χ3v) is 7.33. The number of carbonyl (C=O) groups excluding carboxylic acids is 2. The van der Waals surface area contributed by atoms with Gasteiger partial charge in [-0.25, -0.2) is 19.6 Å². The van der Waals surface area contributed by atoms with Crippen LogP contribution in [0.1, 0.15) is 67.4 Å². The van der Waals surface area contributed by atoms with Crippen LogP contribution < -0.4 is 0 Å². The molecule has 0 aliphatic rings. The number of fused-ring (bicyclic) bond motifs is 2. The molecule has 4 rings (SSSR count). The van der Waals surface area contributed by atoms with Crippen molar-refractivity contribution in [2.45, 2.75) is 55.4 Å². The number of ether oxygens (including phenoxy) is 2. The molecule has 0 unspecified atom stereocenters. The van der Waals surface area contributed by atoms with E-state index in [0.29, 0.717) is 24.6 Å². The molecule has 0 radical (unpaired) electrons. The van der Waals surface area contributed by atoms with E-state index in [9.17, 15) is 9.59 Å². The zero-order valence-electron chi connectivity index (χ0n) is 19.7. The summed E-state index contributed by atoms with van der Waals surface area (Å²) in [5.41, 5.74) is 4.77. The van der Waals surface area contributed by atoms with E-state index in [4.69, 9.17) is 9.47 Å². The number of aromatic nitrogens is 4. The first kappa shape index (κ1) is 23.9. The standard InChI is InChI=1S/2C11H14N2O2S/c1-5-15-10(14)9-6(2)12-11-13(9)7(3)8(4)16-11;1-5-15-10(14)9-7(3)13-6(2)8(4)16-11(13)12-9/h2*5H2,1-4H3. The Hall–Kier alpha value is -2.72. The van der Waals surface area contributed by atoms with Gasteiger partial charge in [-0.3, -0.25) is 8.80 Å². The Kier molecular flexibility index (Phi) is 7.04. The van der Waals surface area contributed by atoms with Crippen LogP contribution in [0.4, 0.5) is 0 Å². The van der Waals surface area contributed by atoms with Crippen LogP contribution >= 0.6 is 22.7 Å². The van der Waals surface area contributed by atoms with Crippen LogP contribution in [-0.4, -0.2) is 43.9 Å². The highest BCUT2D eigenvalue weighted by Crippen LogP contribution is 2.26. The van der Waals surface area contributed by atoms with Gasteiger partial charge in [-0.1, -0.05) is 0 Å². The second-order valence-electron chi connectivity index (χ2n) is 7.26. The predicted molar refractivity (Wildman–Crippen MR) is 126 cm³/mol. The fourth-order valence-corrected chi connectivity index (χ4v) is 5.42. The molecule has 0 saturated heterocycles. The maximum Gasteiger partial charge on any atom is 0.358 e. The molecule has 0 amide bonds. The maximum atomic E-state index is 11.8. The van der Waals surface area contributed by atoms with Crippen LogP contribution in [0.3, 0.4) is 0 Å². The van der Waals surface area contributed by atoms with Crippen LogP contribution in [0.2, 0.25) is 0 Å². The van der Waals surface area contributed by atoms with E-state index in [0.717, 1.165) is 32.7 Å². The highest BCUT2D eigenvalue weighted by Gasteiger charge is 2.21. The lowest BCUT2D eigenvalue weighted by Crippen LogP contribution is -2.10. The smallest absolute Gasteiger partial charge is 0.358 e. The van der Waals surface area contributed by atoms with Crippen molar-refractivity contribution >= 4 is 44.5 Å². The molecule has 4 aromatic heterocycles. The van der Waals surface area contributed by atoms with Gasteiger partial charge in [0.05, 0.1) is 24.6 Å². The fourth-order valence-electron chi connectivity index (χ4n) is 3.39. The van der Waals surface area contributed by atoms with E-state index >= 15 is 0 Å². The quantitative estimate of drug-likeness (QED) is 0.386. The highest BCUT2D eigenvalue weighted by atomic mass is 32.1. The monoisotopic (exact) mass is 476 g/mol. The normalized spacial score (nSPS) is 11.0. The van der Waals surface area contributed by atoms with Gasteiger partial charge in [-0.2, -0.15) is 0 Å². The minimum absolute atomic E-state index is 0.298. The van der Waals surface area contributed by atoms with E-state index in [1.165, 1.54) is 9.75 Å². The third-order valence-electron chi connectivity index (χ3n) is 5.21. The lowest BCUT2D eigenvalue weighted by Gasteiger charge is -2.02. The van der Waals surface area contributed by atoms with Gasteiger partial charge in [0, 0.05) is 21.1 Å². The Bertz CT molecular complexity index is 1310. The Morgan fingerprint density at radius 1 is 0.750 bits per heavy atom. The number of aryl methyl sites for hydroxylation is 6. The zero-order chi connectivity index (χ0) is 23.7. The molecule has 0 saturated carbocycles. The molecular weight excluding hydrogens is 448 g/mol. The molecule has 4 heterocycles. The molecule has 10 heteroatoms. The molecule has 0 aliphatic carbocycles. The summed E-state index contributed by atoms with van der Waals surface area (Å²) in [5, 5.41) is 0. The van der Waals surface area contributed by atoms with Crippen molar-refractivity contribution in [1.82, 2.24) is 18.8 Å². The molecule has 4 aromatic rings. The number of carbonyl (C=O) groups is 2. The van der Waals surface area contributed by atoms with Crippen molar-refractivity contribution in [3.05, 3.63) is 43.9 Å². The zero-order valence-corrected chi connectivity index (χ0v) is 21.3. The van der Waals surface area contributed by atoms with Crippen molar-refractivity contribution < 1.29 is 19.1 Å². The molecular formula is C22H28N4O4S2. The molecule has 0 bridgehead atoms. The van der Waals surface area contributed by atoms with Crippen molar-refractivity contribution in [2.24, 2.45) is 0 Å². The lowest BCUT2D eigenvalue weighted by atomic mass is 10.3. The molecule has 0 atom stereocenters. The Labute approximate surface area is 194 Å². The SMILES string of the molecule is CCOC(=O)c1c(C)nc2sc(C)c(C)n12.CCOC(=O)c1nc2sc(C)c(C)n2c1C. The minimum atomic E-state index is -0.340. The molecule has 0 aliphatic heterocycles. The van der Waals surface area contributed by atoms with Crippen LogP contribution in [0.5, 0.6) is 0 Å². The molecule has 8 nitrogen and oxygen atoms in total. The van der Waals surface area contributed by atoms with Crippen molar-refractivity contribution in [3.63, 3.8) is 0 Å². The molecule has 0 fully saturated rings. The average molecular weight is 477 g/mol. The second-order valence-corrected chi connectivity index (χ2v) is 9.62. The van der Waals surface area contributed by atoms with Crippen molar-refractivity contribution in [2.75, 3.05) is 13.2 Å². The summed E-state index contributed by atoms with van der Waals surface area (Å²) in [6, 6.07) is 0. The summed E-state index contributed by atoms with van der Waals surface area (Å²) in [7, 11) is 0. The van der Waals surface area contributed by atoms with Gasteiger partial charge in [0.15, 0.2) is 21.3 Å². The number of hydrogen-bond acceptors (Lipinski definition) is 8. The summed E-state index contributed by atoms with van der Waals surface area (Å²) in [4.78, 5) is 36.3. The summed E-state index contributed by atoms with van der Waals surface area (Å²) in [6.45, 7) is 16.2. The highest BCUT2D eigenvalue weighted by molar-refractivity contribution is 7.17. The fraction of sp³-hybridized carbons (Fsp3) is 0.455. The summed E-state index contributed by atoms with van der Waals surface area (Å²) in [6.07, 6.45) is 0. The van der Waals surface area contributed by atoms with Crippen LogP contribution in [0.15, 0.2) is 0 Å². The number of rotatable bonds is 4. The lowest BCUT2D eigenvalue weighted by molar-refractivity contribution is 0.0508. The van der Waals surface area contributed by atoms with E-state index in [2.05, 4.69) is 16.9 Å². The first-order valence-corrected chi connectivity index (χ1v) is 12.0. The van der Waals surface area contributed by atoms with E-state index in [1.54, 1.807) is 36.5 Å². The number of nitrogens with zero attached hydrogens (tertiary/aromatic N) is 4. The van der Waals surface area contributed by atoms with E-state index in [-0.39, 0.29) is 11.9 Å². The van der Waals surface area contributed by atoms with Gasteiger partial charge in [0.1, 0.15) is 0 Å². The minimum Gasteiger partial charge on any atom is -0.461 e. The molecule has 32 heavy (non-hydrogen) atoms. The summed E-state index contributed by atoms with van der Waals surface area (Å²) >= 11 is 3.19. The summed E-state index contributed by atoms with van der Waals surface area (Å²) < 4.78 is 13.9. The van der Waals surface area contributed by atoms with Gasteiger partial charge in [0.2, 0.25) is 0 Å². The Morgan fingerprint density at radius 3 is 1.78 bits per heavy atom. The summed E-state index contributed by atoms with van der Waals surface area (Å²) in [5.74, 6) is -0.638. The van der Waals surface area contributed by atoms with Crippen LogP contribution in [-0.2, 0) is 9.47 Å². The molecule has 0 aromatic carbocycles. The van der Waals surface area contributed by atoms with E-state index < -0.39 is 0 Å². The number of esters is 2. The predicted octanol–water partition coefficient (Wildman–Crippen LogP) is 5.00. The molecule has 172 valence electrons. The largest absolute Gasteiger partial charge is 0.461 e. The number of imidazole rings is 2. The van der Waals surface area contributed by atoms with Crippen LogP contribution in [0, 0.1) is 41.5 Å². The Balaban J connectivity index is 0.000000181. The maximum absolute atomic E-state index is 11.8. The van der Waals surface area contributed by atoms with Crippen molar-refractivity contribution in [1.29, 1.82) is 0 Å². The van der Waals surface area contributed by atoms with Gasteiger partial charge < -0.3 is 9.47 Å². The number of thiazole rings is 2. The average Bonchev–Trinajstić information content (AvgIpc) is 3.39. The van der Waals surface area contributed by atoms with Crippen LogP contribution in [0.25, 0.3) is 9.92 Å². The molecule has 0 spiro atoms. The second kappa shape index (κ2) is 9.41. The molecule has 0 N–H and O–H groups in total. The topological polar surface area (TPSA) is 87.2 Å². The van der Waals surface area contributed by atoms with E-state index in [1.807, 2.05) is 43.4 Å². The third kappa shape index (κ3) is 4.16. The van der Waals surface area contributed by atoms with Gasteiger partial charge in [0.25, 0.3) is 0 Å². The van der Waals surface area contributed by atoms with Gasteiger partial charge in [-0.15, -0.1) is 22.7 Å². The first-order valence-electron chi connectivity index (χ1n) is 10.4. The number of hydrogen-bond donors (Lipinski definition) is 0. The van der Waals surface area contributed by atoms with Gasteiger partial charge >= 0.3 is 11.9 Å². The Morgan fingerprint density at radius 2 is 1.25 bits per heavy atom. The first-order chi connectivity index (χ1) is 15.1.